The molecule has 0 bridgehead atoms. The van der Waals surface area contributed by atoms with Gasteiger partial charge in [-0.1, -0.05) is 29.8 Å². The van der Waals surface area contributed by atoms with Gasteiger partial charge in [0.2, 0.25) is 5.91 Å². The van der Waals surface area contributed by atoms with Crippen LogP contribution in [0.1, 0.15) is 18.4 Å². The van der Waals surface area contributed by atoms with Crippen LogP contribution in [0.2, 0.25) is 5.02 Å². The lowest BCUT2D eigenvalue weighted by Crippen LogP contribution is -2.29. The molecule has 2 aromatic carbocycles. The summed E-state index contributed by atoms with van der Waals surface area (Å²) in [5.41, 5.74) is 1.21. The molecular formula is C19H18ClN3O3S. The third-order valence-corrected chi connectivity index (χ3v) is 5.47. The zero-order valence-electron chi connectivity index (χ0n) is 14.4. The van der Waals surface area contributed by atoms with Gasteiger partial charge in [0.25, 0.3) is 10.0 Å². The summed E-state index contributed by atoms with van der Waals surface area (Å²) in [6, 6.07) is 13.1. The van der Waals surface area contributed by atoms with Crippen molar-refractivity contribution in [1.82, 2.24) is 4.72 Å². The third-order valence-electron chi connectivity index (χ3n) is 3.84. The number of rotatable bonds is 5. The van der Waals surface area contributed by atoms with Gasteiger partial charge < -0.3 is 5.32 Å². The van der Waals surface area contributed by atoms with Crippen LogP contribution < -0.4 is 10.0 Å². The van der Waals surface area contributed by atoms with Crippen LogP contribution in [0.15, 0.2) is 64.5 Å². The normalized spacial score (nSPS) is 14.2. The van der Waals surface area contributed by atoms with E-state index >= 15 is 0 Å². The maximum absolute atomic E-state index is 12.4. The summed E-state index contributed by atoms with van der Waals surface area (Å²) >= 11 is 5.82. The Balaban J connectivity index is 1.68. The van der Waals surface area contributed by atoms with E-state index in [0.29, 0.717) is 29.5 Å². The van der Waals surface area contributed by atoms with Crippen LogP contribution in [0.4, 0.5) is 5.69 Å². The van der Waals surface area contributed by atoms with Gasteiger partial charge in [0.1, 0.15) is 5.84 Å². The van der Waals surface area contributed by atoms with Crippen LogP contribution in [-0.2, 0) is 14.8 Å². The average molecular weight is 404 g/mol. The smallest absolute Gasteiger partial charge is 0.262 e. The first kappa shape index (κ1) is 19.1. The number of hydrogen-bond donors (Lipinski definition) is 2. The van der Waals surface area contributed by atoms with Crippen molar-refractivity contribution < 1.29 is 13.2 Å². The van der Waals surface area contributed by atoms with Crippen molar-refractivity contribution in [2.24, 2.45) is 4.99 Å². The summed E-state index contributed by atoms with van der Waals surface area (Å²) in [5, 5.41) is 3.27. The number of hydrogen-bond acceptors (Lipinski definition) is 4. The Hall–Kier alpha value is -2.64. The SMILES string of the molecule is O=C(/C=C/c1ccc(Cl)cc1)Nc1cccc(S(=O)(=O)NC2=NCCC2)c1. The van der Waals surface area contributed by atoms with Gasteiger partial charge in [-0.05, 0) is 48.4 Å². The van der Waals surface area contributed by atoms with Gasteiger partial charge in [-0.25, -0.2) is 8.42 Å². The van der Waals surface area contributed by atoms with Crippen LogP contribution in [0.3, 0.4) is 0 Å². The lowest BCUT2D eigenvalue weighted by Gasteiger charge is -2.09. The van der Waals surface area contributed by atoms with Gasteiger partial charge >= 0.3 is 0 Å². The molecule has 0 fully saturated rings. The predicted molar refractivity (Wildman–Crippen MR) is 107 cm³/mol. The van der Waals surface area contributed by atoms with Crippen LogP contribution in [-0.4, -0.2) is 26.7 Å². The second-order valence-corrected chi connectivity index (χ2v) is 8.06. The first-order chi connectivity index (χ1) is 12.9. The van der Waals surface area contributed by atoms with E-state index in [9.17, 15) is 13.2 Å². The molecular weight excluding hydrogens is 386 g/mol. The van der Waals surface area contributed by atoms with Crippen molar-refractivity contribution in [2.45, 2.75) is 17.7 Å². The van der Waals surface area contributed by atoms with E-state index in [1.807, 2.05) is 0 Å². The van der Waals surface area contributed by atoms with E-state index in [-0.39, 0.29) is 10.8 Å². The van der Waals surface area contributed by atoms with Gasteiger partial charge in [0.05, 0.1) is 4.90 Å². The summed E-state index contributed by atoms with van der Waals surface area (Å²) in [4.78, 5) is 16.3. The maximum atomic E-state index is 12.4. The Bertz CT molecular complexity index is 999. The maximum Gasteiger partial charge on any atom is 0.262 e. The number of amidine groups is 1. The minimum atomic E-state index is -3.72. The lowest BCUT2D eigenvalue weighted by molar-refractivity contribution is -0.111. The lowest BCUT2D eigenvalue weighted by atomic mass is 10.2. The quantitative estimate of drug-likeness (QED) is 0.749. The minimum absolute atomic E-state index is 0.0663. The number of aliphatic imine (C=N–C) groups is 1. The molecule has 8 heteroatoms. The molecule has 1 aliphatic heterocycles. The highest BCUT2D eigenvalue weighted by molar-refractivity contribution is 7.90. The second-order valence-electron chi connectivity index (χ2n) is 5.94. The fourth-order valence-corrected chi connectivity index (χ4v) is 3.77. The molecule has 0 radical (unpaired) electrons. The number of nitrogens with one attached hydrogen (secondary N) is 2. The number of halogens is 1. The molecule has 140 valence electrons. The molecule has 2 N–H and O–H groups in total. The van der Waals surface area contributed by atoms with Crippen LogP contribution in [0.5, 0.6) is 0 Å². The van der Waals surface area contributed by atoms with E-state index in [2.05, 4.69) is 15.0 Å². The molecule has 0 spiro atoms. The summed E-state index contributed by atoms with van der Waals surface area (Å²) in [6.45, 7) is 0.633. The van der Waals surface area contributed by atoms with Gasteiger partial charge in [0, 0.05) is 29.8 Å². The van der Waals surface area contributed by atoms with Crippen molar-refractivity contribution in [2.75, 3.05) is 11.9 Å². The van der Waals surface area contributed by atoms with Gasteiger partial charge in [-0.15, -0.1) is 0 Å². The Morgan fingerprint density at radius 1 is 1.15 bits per heavy atom. The Morgan fingerprint density at radius 2 is 1.93 bits per heavy atom. The highest BCUT2D eigenvalue weighted by atomic mass is 35.5. The Labute approximate surface area is 163 Å². The molecule has 1 aliphatic rings. The molecule has 3 rings (SSSR count). The Morgan fingerprint density at radius 3 is 2.63 bits per heavy atom. The van der Waals surface area contributed by atoms with E-state index in [1.165, 1.54) is 18.2 Å². The highest BCUT2D eigenvalue weighted by Crippen LogP contribution is 2.17. The molecule has 1 amide bonds. The fraction of sp³-hybridized carbons (Fsp3) is 0.158. The molecule has 0 aromatic heterocycles. The monoisotopic (exact) mass is 403 g/mol. The first-order valence-corrected chi connectivity index (χ1v) is 10.2. The number of nitrogens with zero attached hydrogens (tertiary/aromatic N) is 1. The summed E-state index contributed by atoms with van der Waals surface area (Å²) < 4.78 is 27.4. The number of sulfonamides is 1. The predicted octanol–water partition coefficient (Wildman–Crippen LogP) is 3.46. The number of anilines is 1. The highest BCUT2D eigenvalue weighted by Gasteiger charge is 2.18. The fourth-order valence-electron chi connectivity index (χ4n) is 2.51. The van der Waals surface area contributed by atoms with Gasteiger partial charge in [0.15, 0.2) is 0 Å². The number of carbonyl (C=O) groups excluding carboxylic acids is 1. The van der Waals surface area contributed by atoms with E-state index in [4.69, 9.17) is 11.6 Å². The zero-order valence-corrected chi connectivity index (χ0v) is 15.9. The Kier molecular flexibility index (Phi) is 5.93. The van der Waals surface area contributed by atoms with Crippen molar-refractivity contribution >= 4 is 45.1 Å². The number of benzene rings is 2. The van der Waals surface area contributed by atoms with Crippen LogP contribution in [0.25, 0.3) is 6.08 Å². The molecule has 0 unspecified atom stereocenters. The van der Waals surface area contributed by atoms with E-state index < -0.39 is 10.0 Å². The van der Waals surface area contributed by atoms with E-state index in [1.54, 1.807) is 42.5 Å². The molecule has 0 saturated heterocycles. The van der Waals surface area contributed by atoms with Gasteiger partial charge in [-0.3, -0.25) is 14.5 Å². The second kappa shape index (κ2) is 8.37. The molecule has 2 aromatic rings. The largest absolute Gasteiger partial charge is 0.322 e. The van der Waals surface area contributed by atoms with Crippen molar-refractivity contribution in [3.05, 3.63) is 65.2 Å². The summed E-state index contributed by atoms with van der Waals surface area (Å²) in [5.74, 6) is 0.1000. The standard InChI is InChI=1S/C19H18ClN3O3S/c20-15-9-6-14(7-10-15)8-11-19(24)22-16-3-1-4-17(13-16)27(25,26)23-18-5-2-12-21-18/h1,3-4,6-11,13H,2,5,12H2,(H,21,23)(H,22,24)/b11-8+. The number of carbonyl (C=O) groups is 1. The third kappa shape index (κ3) is 5.42. The van der Waals surface area contributed by atoms with Crippen molar-refractivity contribution in [3.8, 4) is 0 Å². The van der Waals surface area contributed by atoms with Crippen molar-refractivity contribution in [1.29, 1.82) is 0 Å². The summed E-state index contributed by atoms with van der Waals surface area (Å²) in [7, 11) is -3.72. The van der Waals surface area contributed by atoms with Crippen molar-refractivity contribution in [3.63, 3.8) is 0 Å². The van der Waals surface area contributed by atoms with Crippen LogP contribution >= 0.6 is 11.6 Å². The molecule has 0 aliphatic carbocycles. The van der Waals surface area contributed by atoms with Crippen LogP contribution in [0, 0.1) is 0 Å². The average Bonchev–Trinajstić information content (AvgIpc) is 3.14. The number of amides is 1. The molecule has 27 heavy (non-hydrogen) atoms. The molecule has 1 heterocycles. The molecule has 0 atom stereocenters. The van der Waals surface area contributed by atoms with E-state index in [0.717, 1.165) is 12.0 Å². The summed E-state index contributed by atoms with van der Waals surface area (Å²) in [6.07, 6.45) is 4.47. The first-order valence-electron chi connectivity index (χ1n) is 8.33. The molecule has 6 nitrogen and oxygen atoms in total. The topological polar surface area (TPSA) is 87.6 Å². The van der Waals surface area contributed by atoms with Gasteiger partial charge in [-0.2, -0.15) is 0 Å². The minimum Gasteiger partial charge on any atom is -0.322 e. The molecule has 0 saturated carbocycles. The zero-order chi connectivity index (χ0) is 19.3.